The first-order chi connectivity index (χ1) is 10.5. The summed E-state index contributed by atoms with van der Waals surface area (Å²) in [5, 5.41) is 11.3. The van der Waals surface area contributed by atoms with Crippen molar-refractivity contribution in [2.45, 2.75) is 38.0 Å². The molecule has 0 unspecified atom stereocenters. The molecule has 130 valence electrons. The molecule has 2 atom stereocenters. The highest BCUT2D eigenvalue weighted by Gasteiger charge is 2.31. The van der Waals surface area contributed by atoms with Crippen molar-refractivity contribution in [2.75, 3.05) is 12.3 Å². The lowest BCUT2D eigenvalue weighted by Gasteiger charge is -2.25. The maximum Gasteiger partial charge on any atom is 0.238 e. The molecule has 0 fully saturated rings. The summed E-state index contributed by atoms with van der Waals surface area (Å²) in [6.45, 7) is 3.78. The summed E-state index contributed by atoms with van der Waals surface area (Å²) in [6.07, 6.45) is 0.387. The van der Waals surface area contributed by atoms with Crippen LogP contribution in [0.2, 0.25) is 0 Å². The smallest absolute Gasteiger partial charge is 0.238 e. The lowest BCUT2D eigenvalue weighted by molar-refractivity contribution is -0.121. The fourth-order valence-corrected chi connectivity index (χ4v) is 3.38. The highest BCUT2D eigenvalue weighted by atomic mass is 32.2. The molecule has 0 radical (unpaired) electrons. The molecule has 5 nitrogen and oxygen atoms in total. The van der Waals surface area contributed by atoms with Crippen molar-refractivity contribution in [2.24, 2.45) is 0 Å². The second-order valence-electron chi connectivity index (χ2n) is 5.63. The van der Waals surface area contributed by atoms with Gasteiger partial charge in [0.05, 0.1) is 12.3 Å². The first-order valence-corrected chi connectivity index (χ1v) is 8.90. The van der Waals surface area contributed by atoms with Gasteiger partial charge >= 0.3 is 0 Å². The van der Waals surface area contributed by atoms with Crippen LogP contribution in [0, 0.1) is 11.6 Å². The van der Waals surface area contributed by atoms with Gasteiger partial charge in [-0.3, -0.25) is 4.79 Å². The number of rotatable bonds is 7. The lowest BCUT2D eigenvalue weighted by Crippen LogP contribution is -2.45. The van der Waals surface area contributed by atoms with E-state index in [1.807, 2.05) is 0 Å². The number of nitrogens with one attached hydrogen (secondary N) is 1. The Morgan fingerprint density at radius 3 is 2.52 bits per heavy atom. The fraction of sp³-hybridized carbons (Fsp3) is 0.533. The zero-order valence-electron chi connectivity index (χ0n) is 13.3. The molecule has 0 aromatic heterocycles. The summed E-state index contributed by atoms with van der Waals surface area (Å²) in [5.74, 6) is -2.63. The molecular weight excluding hydrogens is 328 g/mol. The minimum absolute atomic E-state index is 0.120. The van der Waals surface area contributed by atoms with Gasteiger partial charge in [-0.25, -0.2) is 17.2 Å². The minimum Gasteiger partial charge on any atom is -0.383 e. The van der Waals surface area contributed by atoms with Crippen molar-refractivity contribution < 1.29 is 27.1 Å². The Kier molecular flexibility index (Phi) is 6.24. The molecule has 0 aliphatic heterocycles. The van der Waals surface area contributed by atoms with E-state index >= 15 is 0 Å². The fourth-order valence-electron chi connectivity index (χ4n) is 2.05. The van der Waals surface area contributed by atoms with Gasteiger partial charge in [0.1, 0.15) is 22.5 Å². The van der Waals surface area contributed by atoms with Crippen LogP contribution in [0.1, 0.15) is 32.8 Å². The Bertz CT molecular complexity index is 674. The van der Waals surface area contributed by atoms with Crippen LogP contribution in [0.4, 0.5) is 8.78 Å². The summed E-state index contributed by atoms with van der Waals surface area (Å²) in [7, 11) is -3.57. The van der Waals surface area contributed by atoms with E-state index in [2.05, 4.69) is 5.32 Å². The van der Waals surface area contributed by atoms with Crippen molar-refractivity contribution in [1.29, 1.82) is 0 Å². The standard InChI is InChI=1S/C15H21F2NO4S/c1-4-7-23(21,22)10(2)14(19)18-9-15(3,20)12-6-5-11(16)8-13(12)17/h5-6,8,10,20H,4,7,9H2,1-3H3,(H,18,19)/t10-,15+/m0/s1. The Labute approximate surface area is 134 Å². The molecule has 1 aromatic rings. The Morgan fingerprint density at radius 2 is 2.00 bits per heavy atom. The van der Waals surface area contributed by atoms with E-state index in [0.29, 0.717) is 12.5 Å². The predicted molar refractivity (Wildman–Crippen MR) is 82.5 cm³/mol. The zero-order chi connectivity index (χ0) is 17.8. The van der Waals surface area contributed by atoms with Gasteiger partial charge < -0.3 is 10.4 Å². The second kappa shape index (κ2) is 7.35. The number of halogens is 2. The third-order valence-corrected chi connectivity index (χ3v) is 5.78. The number of amides is 1. The molecule has 0 saturated carbocycles. The highest BCUT2D eigenvalue weighted by Crippen LogP contribution is 2.23. The average Bonchev–Trinajstić information content (AvgIpc) is 2.43. The monoisotopic (exact) mass is 349 g/mol. The lowest BCUT2D eigenvalue weighted by atomic mass is 9.95. The van der Waals surface area contributed by atoms with E-state index in [4.69, 9.17) is 0 Å². The van der Waals surface area contributed by atoms with Crippen LogP contribution in [0.25, 0.3) is 0 Å². The topological polar surface area (TPSA) is 83.5 Å². The van der Waals surface area contributed by atoms with Gasteiger partial charge in [0, 0.05) is 11.6 Å². The van der Waals surface area contributed by atoms with Gasteiger partial charge in [-0.05, 0) is 26.3 Å². The van der Waals surface area contributed by atoms with Gasteiger partial charge in [-0.15, -0.1) is 0 Å². The van der Waals surface area contributed by atoms with Gasteiger partial charge in [0.25, 0.3) is 0 Å². The molecule has 0 bridgehead atoms. The molecule has 1 rings (SSSR count). The molecule has 8 heteroatoms. The summed E-state index contributed by atoms with van der Waals surface area (Å²) in [6, 6.07) is 2.69. The number of sulfone groups is 1. The van der Waals surface area contributed by atoms with Gasteiger partial charge in [-0.2, -0.15) is 0 Å². The number of carbonyl (C=O) groups is 1. The largest absolute Gasteiger partial charge is 0.383 e. The van der Waals surface area contributed by atoms with Crippen LogP contribution in [-0.2, 0) is 20.2 Å². The number of benzene rings is 1. The quantitative estimate of drug-likeness (QED) is 0.781. The summed E-state index contributed by atoms with van der Waals surface area (Å²) in [5.41, 5.74) is -2.00. The molecular formula is C15H21F2NO4S. The van der Waals surface area contributed by atoms with Crippen molar-refractivity contribution in [1.82, 2.24) is 5.32 Å². The normalized spacial score (nSPS) is 15.7. The van der Waals surface area contributed by atoms with Crippen molar-refractivity contribution >= 4 is 15.7 Å². The van der Waals surface area contributed by atoms with Crippen LogP contribution >= 0.6 is 0 Å². The Balaban J connectivity index is 2.81. The van der Waals surface area contributed by atoms with Gasteiger partial charge in [0.2, 0.25) is 5.91 Å². The predicted octanol–water partition coefficient (Wildman–Crippen LogP) is 1.50. The van der Waals surface area contributed by atoms with Gasteiger partial charge in [0.15, 0.2) is 9.84 Å². The maximum atomic E-state index is 13.7. The van der Waals surface area contributed by atoms with E-state index in [1.165, 1.54) is 13.8 Å². The van der Waals surface area contributed by atoms with E-state index in [1.54, 1.807) is 6.92 Å². The molecule has 0 aliphatic carbocycles. The molecule has 0 aliphatic rings. The molecule has 0 spiro atoms. The third kappa shape index (κ3) is 4.97. The van der Waals surface area contributed by atoms with Crippen molar-refractivity contribution in [3.05, 3.63) is 35.4 Å². The second-order valence-corrected chi connectivity index (χ2v) is 8.07. The minimum atomic E-state index is -3.57. The van der Waals surface area contributed by atoms with E-state index < -0.39 is 44.8 Å². The summed E-state index contributed by atoms with van der Waals surface area (Å²) in [4.78, 5) is 11.9. The number of hydrogen-bond donors (Lipinski definition) is 2. The average molecular weight is 349 g/mol. The number of carbonyl (C=O) groups excluding carboxylic acids is 1. The molecule has 23 heavy (non-hydrogen) atoms. The molecule has 0 heterocycles. The Morgan fingerprint density at radius 1 is 1.39 bits per heavy atom. The van der Waals surface area contributed by atoms with Crippen LogP contribution < -0.4 is 5.32 Å². The zero-order valence-corrected chi connectivity index (χ0v) is 14.1. The van der Waals surface area contributed by atoms with E-state index in [0.717, 1.165) is 12.1 Å². The van der Waals surface area contributed by atoms with Gasteiger partial charge in [-0.1, -0.05) is 13.0 Å². The van der Waals surface area contributed by atoms with E-state index in [-0.39, 0.29) is 11.3 Å². The van der Waals surface area contributed by atoms with Crippen LogP contribution in [0.5, 0.6) is 0 Å². The highest BCUT2D eigenvalue weighted by molar-refractivity contribution is 7.92. The van der Waals surface area contributed by atoms with Crippen LogP contribution in [0.15, 0.2) is 18.2 Å². The first-order valence-electron chi connectivity index (χ1n) is 7.18. The van der Waals surface area contributed by atoms with Crippen LogP contribution in [0.3, 0.4) is 0 Å². The summed E-state index contributed by atoms with van der Waals surface area (Å²) < 4.78 is 50.3. The number of hydrogen-bond acceptors (Lipinski definition) is 4. The van der Waals surface area contributed by atoms with Crippen molar-refractivity contribution in [3.63, 3.8) is 0 Å². The van der Waals surface area contributed by atoms with Crippen LogP contribution in [-0.4, -0.2) is 37.0 Å². The maximum absolute atomic E-state index is 13.7. The molecule has 1 aromatic carbocycles. The molecule has 1 amide bonds. The van der Waals surface area contributed by atoms with E-state index in [9.17, 15) is 27.1 Å². The Hall–Kier alpha value is -1.54. The molecule has 0 saturated heterocycles. The third-order valence-electron chi connectivity index (χ3n) is 3.51. The SMILES string of the molecule is CCCS(=O)(=O)[C@@H](C)C(=O)NC[C@@](C)(O)c1ccc(F)cc1F. The summed E-state index contributed by atoms with van der Waals surface area (Å²) >= 11 is 0. The molecule has 2 N–H and O–H groups in total. The van der Waals surface area contributed by atoms with Crippen molar-refractivity contribution in [3.8, 4) is 0 Å². The number of aliphatic hydroxyl groups is 1. The first kappa shape index (κ1) is 19.5.